The highest BCUT2D eigenvalue weighted by Gasteiger charge is 2.16. The Hall–Kier alpha value is -1.65. The van der Waals surface area contributed by atoms with Gasteiger partial charge in [-0.2, -0.15) is 0 Å². The number of ether oxygens (including phenoxy) is 3. The predicted molar refractivity (Wildman–Crippen MR) is 79.2 cm³/mol. The lowest BCUT2D eigenvalue weighted by Gasteiger charge is -2.17. The maximum Gasteiger partial charge on any atom is 0.188 e. The predicted octanol–water partition coefficient (Wildman–Crippen LogP) is 3.29. The first-order chi connectivity index (χ1) is 9.60. The maximum atomic E-state index is 5.79. The van der Waals surface area contributed by atoms with Crippen molar-refractivity contribution in [3.05, 3.63) is 34.5 Å². The molecule has 0 aliphatic heterocycles. The summed E-state index contributed by atoms with van der Waals surface area (Å²) in [7, 11) is 3.28. The van der Waals surface area contributed by atoms with Crippen molar-refractivity contribution in [2.75, 3.05) is 21.0 Å². The van der Waals surface area contributed by atoms with Crippen LogP contribution in [0.25, 0.3) is 10.9 Å². The lowest BCUT2D eigenvalue weighted by Crippen LogP contribution is -2.07. The van der Waals surface area contributed by atoms with Gasteiger partial charge in [0.15, 0.2) is 6.79 Å². The zero-order chi connectivity index (χ0) is 14.7. The SMILES string of the molecule is COCOc1c(COC)c(C)nc2c(C)c(C)ccc12. The lowest BCUT2D eigenvalue weighted by atomic mass is 10.0. The molecule has 0 aliphatic rings. The summed E-state index contributed by atoms with van der Waals surface area (Å²) in [4.78, 5) is 4.72. The molecule has 0 radical (unpaired) electrons. The molecule has 4 nitrogen and oxygen atoms in total. The van der Waals surface area contributed by atoms with Crippen LogP contribution >= 0.6 is 0 Å². The molecular formula is C16H21NO3. The Labute approximate surface area is 119 Å². The van der Waals surface area contributed by atoms with E-state index in [0.29, 0.717) is 6.61 Å². The summed E-state index contributed by atoms with van der Waals surface area (Å²) in [5, 5.41) is 1.00. The quantitative estimate of drug-likeness (QED) is 0.785. The molecule has 1 heterocycles. The van der Waals surface area contributed by atoms with E-state index in [2.05, 4.69) is 19.9 Å². The number of methoxy groups -OCH3 is 2. The molecule has 0 unspecified atom stereocenters. The highest BCUT2D eigenvalue weighted by Crippen LogP contribution is 2.33. The number of hydrogen-bond acceptors (Lipinski definition) is 4. The molecule has 1 aromatic heterocycles. The molecule has 0 saturated carbocycles. The Morgan fingerprint density at radius 2 is 1.80 bits per heavy atom. The summed E-state index contributed by atoms with van der Waals surface area (Å²) in [5.41, 5.74) is 5.28. The van der Waals surface area contributed by atoms with E-state index in [1.807, 2.05) is 13.0 Å². The number of hydrogen-bond donors (Lipinski definition) is 0. The van der Waals surface area contributed by atoms with Gasteiger partial charge in [0.25, 0.3) is 0 Å². The topological polar surface area (TPSA) is 40.6 Å². The van der Waals surface area contributed by atoms with Crippen LogP contribution < -0.4 is 4.74 Å². The molecule has 2 rings (SSSR count). The summed E-state index contributed by atoms with van der Waals surface area (Å²) in [5.74, 6) is 0.805. The number of nitrogens with zero attached hydrogens (tertiary/aromatic N) is 1. The second-order valence-corrected chi connectivity index (χ2v) is 4.89. The molecule has 0 fully saturated rings. The van der Waals surface area contributed by atoms with Crippen LogP contribution in [0.4, 0.5) is 0 Å². The molecule has 0 bridgehead atoms. The Morgan fingerprint density at radius 3 is 2.45 bits per heavy atom. The fourth-order valence-electron chi connectivity index (χ4n) is 2.29. The molecule has 4 heteroatoms. The maximum absolute atomic E-state index is 5.79. The molecule has 20 heavy (non-hydrogen) atoms. The molecule has 108 valence electrons. The van der Waals surface area contributed by atoms with Crippen molar-refractivity contribution >= 4 is 10.9 Å². The van der Waals surface area contributed by atoms with Crippen LogP contribution in [0.1, 0.15) is 22.4 Å². The average molecular weight is 275 g/mol. The van der Waals surface area contributed by atoms with Crippen LogP contribution in [-0.4, -0.2) is 26.0 Å². The third-order valence-electron chi connectivity index (χ3n) is 3.55. The largest absolute Gasteiger partial charge is 0.466 e. The number of aromatic nitrogens is 1. The highest BCUT2D eigenvalue weighted by atomic mass is 16.7. The van der Waals surface area contributed by atoms with E-state index in [0.717, 1.165) is 27.9 Å². The van der Waals surface area contributed by atoms with Crippen LogP contribution in [0.15, 0.2) is 12.1 Å². The minimum atomic E-state index is 0.211. The zero-order valence-electron chi connectivity index (χ0n) is 12.7. The Kier molecular flexibility index (Phi) is 4.57. The van der Waals surface area contributed by atoms with Crippen molar-refractivity contribution in [2.24, 2.45) is 0 Å². The van der Waals surface area contributed by atoms with Crippen molar-refractivity contribution < 1.29 is 14.2 Å². The van der Waals surface area contributed by atoms with Gasteiger partial charge in [-0.1, -0.05) is 6.07 Å². The minimum absolute atomic E-state index is 0.211. The third-order valence-corrected chi connectivity index (χ3v) is 3.55. The number of aryl methyl sites for hydroxylation is 3. The van der Waals surface area contributed by atoms with Crippen molar-refractivity contribution in [1.82, 2.24) is 4.98 Å². The van der Waals surface area contributed by atoms with E-state index < -0.39 is 0 Å². The van der Waals surface area contributed by atoms with Gasteiger partial charge in [-0.05, 0) is 38.0 Å². The van der Waals surface area contributed by atoms with Gasteiger partial charge in [-0.15, -0.1) is 0 Å². The first-order valence-electron chi connectivity index (χ1n) is 6.60. The van der Waals surface area contributed by atoms with Gasteiger partial charge in [-0.3, -0.25) is 4.98 Å². The van der Waals surface area contributed by atoms with Gasteiger partial charge in [0, 0.05) is 30.9 Å². The second kappa shape index (κ2) is 6.20. The normalized spacial score (nSPS) is 11.1. The summed E-state index contributed by atoms with van der Waals surface area (Å²) >= 11 is 0. The summed E-state index contributed by atoms with van der Waals surface area (Å²) in [6.45, 7) is 6.84. The Morgan fingerprint density at radius 1 is 1.05 bits per heavy atom. The van der Waals surface area contributed by atoms with Gasteiger partial charge in [-0.25, -0.2) is 0 Å². The van der Waals surface area contributed by atoms with Crippen LogP contribution in [0.5, 0.6) is 5.75 Å². The monoisotopic (exact) mass is 275 g/mol. The van der Waals surface area contributed by atoms with E-state index in [1.54, 1.807) is 14.2 Å². The molecule has 0 aliphatic carbocycles. The van der Waals surface area contributed by atoms with E-state index in [-0.39, 0.29) is 6.79 Å². The first-order valence-corrected chi connectivity index (χ1v) is 6.60. The Bertz CT molecular complexity index is 623. The first kappa shape index (κ1) is 14.8. The molecule has 0 atom stereocenters. The van der Waals surface area contributed by atoms with Gasteiger partial charge in [0.05, 0.1) is 12.1 Å². The smallest absolute Gasteiger partial charge is 0.188 e. The van der Waals surface area contributed by atoms with E-state index in [9.17, 15) is 0 Å². The molecule has 1 aromatic carbocycles. The van der Waals surface area contributed by atoms with E-state index >= 15 is 0 Å². The lowest BCUT2D eigenvalue weighted by molar-refractivity contribution is 0.0499. The highest BCUT2D eigenvalue weighted by molar-refractivity contribution is 5.89. The number of fused-ring (bicyclic) bond motifs is 1. The number of rotatable bonds is 5. The van der Waals surface area contributed by atoms with Crippen molar-refractivity contribution in [2.45, 2.75) is 27.4 Å². The minimum Gasteiger partial charge on any atom is -0.466 e. The van der Waals surface area contributed by atoms with Crippen molar-refractivity contribution in [1.29, 1.82) is 0 Å². The van der Waals surface area contributed by atoms with E-state index in [1.165, 1.54) is 11.1 Å². The van der Waals surface area contributed by atoms with Crippen LogP contribution in [-0.2, 0) is 16.1 Å². The van der Waals surface area contributed by atoms with Gasteiger partial charge in [0.1, 0.15) is 5.75 Å². The molecule has 0 amide bonds. The zero-order valence-corrected chi connectivity index (χ0v) is 12.7. The van der Waals surface area contributed by atoms with Crippen LogP contribution in [0, 0.1) is 20.8 Å². The number of benzene rings is 1. The van der Waals surface area contributed by atoms with Gasteiger partial charge >= 0.3 is 0 Å². The molecular weight excluding hydrogens is 254 g/mol. The molecule has 0 N–H and O–H groups in total. The molecule has 0 spiro atoms. The van der Waals surface area contributed by atoms with Crippen LogP contribution in [0.2, 0.25) is 0 Å². The average Bonchev–Trinajstić information content (AvgIpc) is 2.43. The third kappa shape index (κ3) is 2.62. The summed E-state index contributed by atoms with van der Waals surface area (Å²) in [6.07, 6.45) is 0. The summed E-state index contributed by atoms with van der Waals surface area (Å²) < 4.78 is 16.1. The fraction of sp³-hybridized carbons (Fsp3) is 0.438. The summed E-state index contributed by atoms with van der Waals surface area (Å²) in [6, 6.07) is 4.14. The van der Waals surface area contributed by atoms with Crippen molar-refractivity contribution in [3.8, 4) is 5.75 Å². The second-order valence-electron chi connectivity index (χ2n) is 4.89. The molecule has 0 saturated heterocycles. The fourth-order valence-corrected chi connectivity index (χ4v) is 2.29. The number of pyridine rings is 1. The Balaban J connectivity index is 2.72. The van der Waals surface area contributed by atoms with Crippen molar-refractivity contribution in [3.63, 3.8) is 0 Å². The van der Waals surface area contributed by atoms with Gasteiger partial charge in [0.2, 0.25) is 0 Å². The van der Waals surface area contributed by atoms with Gasteiger partial charge < -0.3 is 14.2 Å². The van der Waals surface area contributed by atoms with Crippen LogP contribution in [0.3, 0.4) is 0 Å². The molecule has 2 aromatic rings. The van der Waals surface area contributed by atoms with E-state index in [4.69, 9.17) is 19.2 Å². The standard InChI is InChI=1S/C16H21NO3/c1-10-6-7-13-15(11(10)2)17-12(3)14(8-18-4)16(13)20-9-19-5/h6-7H,8-9H2,1-5H3.